The van der Waals surface area contributed by atoms with E-state index in [-0.39, 0.29) is 19.0 Å². The molecule has 0 spiro atoms. The lowest BCUT2D eigenvalue weighted by molar-refractivity contribution is 0.254. The van der Waals surface area contributed by atoms with Gasteiger partial charge in [0, 0.05) is 17.3 Å². The van der Waals surface area contributed by atoms with Crippen molar-refractivity contribution in [1.29, 1.82) is 5.26 Å². The van der Waals surface area contributed by atoms with Gasteiger partial charge in [-0.2, -0.15) is 0 Å². The van der Waals surface area contributed by atoms with Crippen molar-refractivity contribution in [3.63, 3.8) is 0 Å². The van der Waals surface area contributed by atoms with Crippen molar-refractivity contribution >= 4 is 0 Å². The summed E-state index contributed by atoms with van der Waals surface area (Å²) in [5, 5.41) is 33.3. The Bertz CT molecular complexity index is 323. The molecule has 0 aromatic carbocycles. The smallest absolute Gasteiger partial charge is 0.142 e. The van der Waals surface area contributed by atoms with Gasteiger partial charge in [-0.1, -0.05) is 0 Å². The van der Waals surface area contributed by atoms with Gasteiger partial charge in [0.1, 0.15) is 5.75 Å². The summed E-state index contributed by atoms with van der Waals surface area (Å²) in [6.07, 6.45) is 1.45. The second kappa shape index (κ2) is 5.91. The van der Waals surface area contributed by atoms with E-state index in [4.69, 9.17) is 22.0 Å². The van der Waals surface area contributed by atoms with Crippen molar-refractivity contribution in [2.24, 2.45) is 0 Å². The average Bonchev–Trinajstić information content (AvgIpc) is 2.24. The van der Waals surface area contributed by atoms with E-state index in [2.05, 4.69) is 4.98 Å². The van der Waals surface area contributed by atoms with Crippen molar-refractivity contribution in [3.05, 3.63) is 29.6 Å². The van der Waals surface area contributed by atoms with E-state index in [1.807, 2.05) is 0 Å². The molecule has 3 N–H and O–H groups in total. The van der Waals surface area contributed by atoms with Crippen molar-refractivity contribution in [2.75, 3.05) is 0 Å². The SMILES string of the molecule is Cc1ncc(CO)c(CO)c1O.[C-]#N. The molecular weight excluding hydrogens is 184 g/mol. The van der Waals surface area contributed by atoms with Gasteiger partial charge in [-0.05, 0) is 6.92 Å². The van der Waals surface area contributed by atoms with Crippen LogP contribution in [0.25, 0.3) is 0 Å². The number of pyridine rings is 1. The number of hydrogen-bond donors (Lipinski definition) is 3. The first-order valence-electron chi connectivity index (χ1n) is 3.81. The minimum Gasteiger partial charge on any atom is -0.512 e. The van der Waals surface area contributed by atoms with Crippen LogP contribution in [0.4, 0.5) is 0 Å². The van der Waals surface area contributed by atoms with Gasteiger partial charge >= 0.3 is 0 Å². The van der Waals surface area contributed by atoms with Crippen LogP contribution in [0.2, 0.25) is 0 Å². The zero-order valence-corrected chi connectivity index (χ0v) is 7.73. The normalized spacial score (nSPS) is 8.93. The first-order chi connectivity index (χ1) is 6.70. The van der Waals surface area contributed by atoms with Crippen LogP contribution < -0.4 is 0 Å². The Morgan fingerprint density at radius 1 is 1.36 bits per heavy atom. The lowest BCUT2D eigenvalue weighted by atomic mass is 10.1. The highest BCUT2D eigenvalue weighted by atomic mass is 16.3. The maximum atomic E-state index is 9.38. The Hall–Kier alpha value is -1.64. The van der Waals surface area contributed by atoms with Gasteiger partial charge in [0.15, 0.2) is 0 Å². The van der Waals surface area contributed by atoms with E-state index in [1.165, 1.54) is 6.20 Å². The molecule has 1 rings (SSSR count). The number of hydrogen-bond acceptors (Lipinski definition) is 5. The maximum absolute atomic E-state index is 9.38. The van der Waals surface area contributed by atoms with Gasteiger partial charge in [-0.25, -0.2) is 0 Å². The molecule has 5 nitrogen and oxygen atoms in total. The summed E-state index contributed by atoms with van der Waals surface area (Å²) in [5.74, 6) is -0.0379. The maximum Gasteiger partial charge on any atom is 0.142 e. The lowest BCUT2D eigenvalue weighted by Gasteiger charge is -2.07. The summed E-state index contributed by atoms with van der Waals surface area (Å²) in [6, 6.07) is 0. The van der Waals surface area contributed by atoms with E-state index >= 15 is 0 Å². The summed E-state index contributed by atoms with van der Waals surface area (Å²) in [7, 11) is 0. The molecule has 0 fully saturated rings. The van der Waals surface area contributed by atoms with Gasteiger partial charge < -0.3 is 27.2 Å². The molecule has 76 valence electrons. The predicted octanol–water partition coefficient (Wildman–Crippen LogP) is 0.177. The van der Waals surface area contributed by atoms with Crippen LogP contribution in [0, 0.1) is 18.8 Å². The van der Waals surface area contributed by atoms with E-state index in [0.717, 1.165) is 0 Å². The van der Waals surface area contributed by atoms with Gasteiger partial charge in [0.2, 0.25) is 0 Å². The Labute approximate surface area is 81.9 Å². The van der Waals surface area contributed by atoms with Crippen molar-refractivity contribution in [2.45, 2.75) is 20.1 Å². The molecule has 0 amide bonds. The summed E-state index contributed by atoms with van der Waals surface area (Å²) in [5.41, 5.74) is 1.27. The molecule has 0 unspecified atom stereocenters. The fourth-order valence-electron chi connectivity index (χ4n) is 0.997. The molecule has 0 aliphatic heterocycles. The molecule has 1 heterocycles. The van der Waals surface area contributed by atoms with Crippen molar-refractivity contribution in [1.82, 2.24) is 4.98 Å². The number of aliphatic hydroxyl groups excluding tert-OH is 2. The van der Waals surface area contributed by atoms with E-state index in [9.17, 15) is 5.11 Å². The van der Waals surface area contributed by atoms with Crippen LogP contribution in [0.15, 0.2) is 6.20 Å². The predicted molar refractivity (Wildman–Crippen MR) is 47.5 cm³/mol. The quantitative estimate of drug-likeness (QED) is 0.585. The average molecular weight is 195 g/mol. The summed E-state index contributed by atoms with van der Waals surface area (Å²) in [4.78, 5) is 3.84. The Kier molecular flexibility index (Phi) is 5.22. The van der Waals surface area contributed by atoms with Crippen molar-refractivity contribution in [3.8, 4) is 5.75 Å². The molecule has 1 aromatic rings. The van der Waals surface area contributed by atoms with Crippen LogP contribution in [0.5, 0.6) is 5.75 Å². The van der Waals surface area contributed by atoms with Gasteiger partial charge in [-0.15, -0.1) is 0 Å². The highest BCUT2D eigenvalue weighted by Crippen LogP contribution is 2.23. The molecular formula is C9H11N2O3-. The van der Waals surface area contributed by atoms with Gasteiger partial charge in [-0.3, -0.25) is 4.98 Å². The van der Waals surface area contributed by atoms with E-state index in [0.29, 0.717) is 16.8 Å². The zero-order valence-electron chi connectivity index (χ0n) is 7.73. The van der Waals surface area contributed by atoms with Gasteiger partial charge in [0.25, 0.3) is 0 Å². The Balaban J connectivity index is 0.000000791. The standard InChI is InChI=1S/C8H11NO3.CN/c1-5-8(12)7(4-11)6(3-10)2-9-5;1-2/h2,10-12H,3-4H2,1H3;/q;-1. The van der Waals surface area contributed by atoms with Crippen LogP contribution in [0.3, 0.4) is 0 Å². The van der Waals surface area contributed by atoms with Crippen LogP contribution >= 0.6 is 0 Å². The number of nitrogens with zero attached hydrogens (tertiary/aromatic N) is 2. The van der Waals surface area contributed by atoms with Gasteiger partial charge in [0.05, 0.1) is 18.9 Å². The second-order valence-corrected chi connectivity index (χ2v) is 2.51. The van der Waals surface area contributed by atoms with Crippen LogP contribution in [-0.2, 0) is 13.2 Å². The highest BCUT2D eigenvalue weighted by Gasteiger charge is 2.09. The fourth-order valence-corrected chi connectivity index (χ4v) is 0.997. The molecule has 0 aliphatic carbocycles. The molecule has 0 aliphatic rings. The van der Waals surface area contributed by atoms with Crippen LogP contribution in [0.1, 0.15) is 16.8 Å². The summed E-state index contributed by atoms with van der Waals surface area (Å²) >= 11 is 0. The summed E-state index contributed by atoms with van der Waals surface area (Å²) < 4.78 is 0. The third kappa shape index (κ3) is 2.42. The molecule has 0 bridgehead atoms. The Morgan fingerprint density at radius 3 is 2.36 bits per heavy atom. The zero-order chi connectivity index (χ0) is 11.1. The highest BCUT2D eigenvalue weighted by molar-refractivity contribution is 5.39. The van der Waals surface area contributed by atoms with Crippen LogP contribution in [-0.4, -0.2) is 20.3 Å². The molecule has 0 atom stereocenters. The monoisotopic (exact) mass is 195 g/mol. The largest absolute Gasteiger partial charge is 0.512 e. The number of aryl methyl sites for hydroxylation is 1. The number of aliphatic hydroxyl groups is 2. The minimum atomic E-state index is -0.287. The molecule has 5 heteroatoms. The molecule has 1 aromatic heterocycles. The van der Waals surface area contributed by atoms with E-state index < -0.39 is 0 Å². The third-order valence-corrected chi connectivity index (χ3v) is 1.76. The molecule has 0 saturated heterocycles. The minimum absolute atomic E-state index is 0.0379. The molecule has 0 saturated carbocycles. The number of rotatable bonds is 2. The Morgan fingerprint density at radius 2 is 1.93 bits per heavy atom. The van der Waals surface area contributed by atoms with E-state index in [1.54, 1.807) is 6.92 Å². The topological polar surface area (TPSA) is 97.4 Å². The summed E-state index contributed by atoms with van der Waals surface area (Å²) in [6.45, 7) is 5.87. The van der Waals surface area contributed by atoms with Crippen molar-refractivity contribution < 1.29 is 15.3 Å². The lowest BCUT2D eigenvalue weighted by Crippen LogP contribution is -1.98. The second-order valence-electron chi connectivity index (χ2n) is 2.51. The third-order valence-electron chi connectivity index (χ3n) is 1.76. The first-order valence-corrected chi connectivity index (χ1v) is 3.81. The molecule has 14 heavy (non-hydrogen) atoms. The number of aromatic nitrogens is 1. The first kappa shape index (κ1) is 12.4. The fraction of sp³-hybridized carbons (Fsp3) is 0.333. The number of aromatic hydroxyl groups is 1. The molecule has 0 radical (unpaired) electrons.